The van der Waals surface area contributed by atoms with Crippen molar-refractivity contribution < 1.29 is 23.8 Å². The van der Waals surface area contributed by atoms with Crippen molar-refractivity contribution in [1.82, 2.24) is 10.2 Å². The van der Waals surface area contributed by atoms with Gasteiger partial charge < -0.3 is 24.4 Å². The zero-order valence-electron chi connectivity index (χ0n) is 20.1. The molecule has 1 aliphatic heterocycles. The highest BCUT2D eigenvalue weighted by Crippen LogP contribution is 2.43. The first kappa shape index (κ1) is 24.5. The Morgan fingerprint density at radius 3 is 2.43 bits per heavy atom. The van der Waals surface area contributed by atoms with E-state index in [-0.39, 0.29) is 18.2 Å². The fourth-order valence-electron chi connectivity index (χ4n) is 4.28. The molecular weight excluding hydrogens is 468 g/mol. The van der Waals surface area contributed by atoms with E-state index in [0.717, 1.165) is 17.0 Å². The second-order valence-corrected chi connectivity index (χ2v) is 9.07. The van der Waals surface area contributed by atoms with Crippen molar-refractivity contribution in [1.29, 1.82) is 0 Å². The average Bonchev–Trinajstić information content (AvgIpc) is 3.35. The number of anilines is 2. The number of nitrogens with zero attached hydrogens (tertiary/aromatic N) is 3. The van der Waals surface area contributed by atoms with Gasteiger partial charge in [0.2, 0.25) is 16.9 Å². The van der Waals surface area contributed by atoms with Crippen molar-refractivity contribution in [3.63, 3.8) is 0 Å². The fourth-order valence-corrected chi connectivity index (χ4v) is 4.96. The molecule has 0 saturated carbocycles. The monoisotopic (exact) mass is 496 g/mol. The van der Waals surface area contributed by atoms with Crippen LogP contribution in [0.15, 0.2) is 42.5 Å². The van der Waals surface area contributed by atoms with Crippen LogP contribution in [-0.4, -0.2) is 43.3 Å². The number of hydrogen-bond donors (Lipinski definition) is 1. The van der Waals surface area contributed by atoms with Crippen LogP contribution in [0.5, 0.6) is 17.2 Å². The zero-order valence-corrected chi connectivity index (χ0v) is 20.9. The summed E-state index contributed by atoms with van der Waals surface area (Å²) in [4.78, 5) is 28.5. The minimum atomic E-state index is -0.567. The number of aromatic nitrogens is 2. The van der Waals surface area contributed by atoms with Crippen molar-refractivity contribution in [2.75, 3.05) is 31.5 Å². The SMILES string of the molecule is CCc1nnc(NC(=O)[C@H]2CCC(=O)N(c3ccc(OC)cc3)[C@@H]2c2ccc(OC)c(OC)c2)s1. The van der Waals surface area contributed by atoms with Crippen molar-refractivity contribution in [3.05, 3.63) is 53.0 Å². The summed E-state index contributed by atoms with van der Waals surface area (Å²) in [5.41, 5.74) is 1.44. The Balaban J connectivity index is 1.76. The van der Waals surface area contributed by atoms with Gasteiger partial charge in [0.15, 0.2) is 11.5 Å². The lowest BCUT2D eigenvalue weighted by molar-refractivity contribution is -0.125. The van der Waals surface area contributed by atoms with Gasteiger partial charge in [0.05, 0.1) is 33.3 Å². The second-order valence-electron chi connectivity index (χ2n) is 8.01. The quantitative estimate of drug-likeness (QED) is 0.497. The summed E-state index contributed by atoms with van der Waals surface area (Å²) in [6.07, 6.45) is 1.38. The van der Waals surface area contributed by atoms with Gasteiger partial charge in [-0.05, 0) is 54.8 Å². The third kappa shape index (κ3) is 5.07. The maximum atomic E-state index is 13.5. The summed E-state index contributed by atoms with van der Waals surface area (Å²) in [6, 6.07) is 12.1. The molecule has 10 heteroatoms. The Bertz CT molecular complexity index is 1200. The summed E-state index contributed by atoms with van der Waals surface area (Å²) in [5, 5.41) is 12.4. The van der Waals surface area contributed by atoms with Crippen LogP contribution < -0.4 is 24.4 Å². The lowest BCUT2D eigenvalue weighted by Crippen LogP contribution is -2.47. The molecule has 184 valence electrons. The summed E-state index contributed by atoms with van der Waals surface area (Å²) >= 11 is 1.35. The molecular formula is C25H28N4O5S. The topological polar surface area (TPSA) is 103 Å². The third-order valence-electron chi connectivity index (χ3n) is 6.03. The molecule has 0 bridgehead atoms. The lowest BCUT2D eigenvalue weighted by atomic mass is 9.83. The van der Waals surface area contributed by atoms with Gasteiger partial charge in [0.25, 0.3) is 0 Å². The van der Waals surface area contributed by atoms with E-state index in [9.17, 15) is 9.59 Å². The molecule has 1 N–H and O–H groups in total. The standard InChI is InChI=1S/C25H28N4O5S/c1-5-21-27-28-25(35-21)26-24(31)18-11-13-22(30)29(16-7-9-17(32-2)10-8-16)23(18)15-6-12-19(33-3)20(14-15)34-4/h6-10,12,14,18,23H,5,11,13H2,1-4H3,(H,26,28,31)/t18-,23+/m0/s1. The molecule has 0 radical (unpaired) electrons. The van der Waals surface area contributed by atoms with Gasteiger partial charge in [-0.3, -0.25) is 9.59 Å². The highest BCUT2D eigenvalue weighted by atomic mass is 32.1. The number of nitrogens with one attached hydrogen (secondary N) is 1. The van der Waals surface area contributed by atoms with E-state index < -0.39 is 12.0 Å². The molecule has 0 spiro atoms. The van der Waals surface area contributed by atoms with Gasteiger partial charge in [-0.1, -0.05) is 24.3 Å². The lowest BCUT2D eigenvalue weighted by Gasteiger charge is -2.41. The van der Waals surface area contributed by atoms with Crippen molar-refractivity contribution in [3.8, 4) is 17.2 Å². The second kappa shape index (κ2) is 10.7. The molecule has 1 saturated heterocycles. The first-order chi connectivity index (χ1) is 17.0. The van der Waals surface area contributed by atoms with Crippen LogP contribution in [0.3, 0.4) is 0 Å². The van der Waals surface area contributed by atoms with E-state index in [4.69, 9.17) is 14.2 Å². The number of aryl methyl sites for hydroxylation is 1. The molecule has 1 aromatic heterocycles. The smallest absolute Gasteiger partial charge is 0.231 e. The van der Waals surface area contributed by atoms with Crippen LogP contribution >= 0.6 is 11.3 Å². The number of ether oxygens (including phenoxy) is 3. The van der Waals surface area contributed by atoms with Gasteiger partial charge in [-0.2, -0.15) is 0 Å². The molecule has 2 atom stereocenters. The number of benzene rings is 2. The molecule has 1 fully saturated rings. The maximum absolute atomic E-state index is 13.5. The summed E-state index contributed by atoms with van der Waals surface area (Å²) < 4.78 is 16.2. The van der Waals surface area contributed by atoms with Crippen molar-refractivity contribution in [2.45, 2.75) is 32.2 Å². The van der Waals surface area contributed by atoms with Gasteiger partial charge in [0, 0.05) is 12.1 Å². The van der Waals surface area contributed by atoms with Crippen molar-refractivity contribution in [2.24, 2.45) is 5.92 Å². The minimum Gasteiger partial charge on any atom is -0.497 e. The van der Waals surface area contributed by atoms with Crippen LogP contribution in [0.2, 0.25) is 0 Å². The highest BCUT2D eigenvalue weighted by molar-refractivity contribution is 7.15. The average molecular weight is 497 g/mol. The van der Waals surface area contributed by atoms with E-state index in [1.807, 2.05) is 31.2 Å². The zero-order chi connectivity index (χ0) is 24.9. The van der Waals surface area contributed by atoms with E-state index in [1.54, 1.807) is 44.4 Å². The van der Waals surface area contributed by atoms with Crippen LogP contribution in [-0.2, 0) is 16.0 Å². The molecule has 0 unspecified atom stereocenters. The van der Waals surface area contributed by atoms with E-state index in [1.165, 1.54) is 11.3 Å². The van der Waals surface area contributed by atoms with E-state index in [2.05, 4.69) is 15.5 Å². The van der Waals surface area contributed by atoms with Gasteiger partial charge in [-0.25, -0.2) is 0 Å². The predicted molar refractivity (Wildman–Crippen MR) is 133 cm³/mol. The highest BCUT2D eigenvalue weighted by Gasteiger charge is 2.42. The van der Waals surface area contributed by atoms with E-state index >= 15 is 0 Å². The van der Waals surface area contributed by atoms with Crippen LogP contribution in [0, 0.1) is 5.92 Å². The predicted octanol–water partition coefficient (Wildman–Crippen LogP) is 4.25. The number of amides is 2. The molecule has 1 aliphatic rings. The molecule has 35 heavy (non-hydrogen) atoms. The number of carbonyl (C=O) groups is 2. The van der Waals surface area contributed by atoms with Crippen LogP contribution in [0.1, 0.15) is 36.4 Å². The third-order valence-corrected chi connectivity index (χ3v) is 7.02. The van der Waals surface area contributed by atoms with Gasteiger partial charge >= 0.3 is 0 Å². The summed E-state index contributed by atoms with van der Waals surface area (Å²) in [7, 11) is 4.71. The Morgan fingerprint density at radius 2 is 1.80 bits per heavy atom. The number of hydrogen-bond acceptors (Lipinski definition) is 8. The maximum Gasteiger partial charge on any atom is 0.231 e. The Kier molecular flexibility index (Phi) is 7.50. The van der Waals surface area contributed by atoms with Gasteiger partial charge in [-0.15, -0.1) is 10.2 Å². The summed E-state index contributed by atoms with van der Waals surface area (Å²) in [5.74, 6) is 0.961. The van der Waals surface area contributed by atoms with E-state index in [0.29, 0.717) is 34.5 Å². The molecule has 3 aromatic rings. The van der Waals surface area contributed by atoms with Crippen LogP contribution in [0.4, 0.5) is 10.8 Å². The fraction of sp³-hybridized carbons (Fsp3) is 0.360. The molecule has 4 rings (SSSR count). The number of methoxy groups -OCH3 is 3. The van der Waals surface area contributed by atoms with Crippen molar-refractivity contribution >= 4 is 34.0 Å². The Morgan fingerprint density at radius 1 is 1.06 bits per heavy atom. The first-order valence-electron chi connectivity index (χ1n) is 11.3. The number of piperidine rings is 1. The first-order valence-corrected chi connectivity index (χ1v) is 12.1. The number of rotatable bonds is 8. The summed E-state index contributed by atoms with van der Waals surface area (Å²) in [6.45, 7) is 1.98. The molecule has 2 heterocycles. The molecule has 2 aromatic carbocycles. The Labute approximate surface area is 208 Å². The number of carbonyl (C=O) groups excluding carboxylic acids is 2. The normalized spacial score (nSPS) is 17.7. The Hall–Kier alpha value is -3.66. The molecule has 2 amide bonds. The largest absolute Gasteiger partial charge is 0.497 e. The van der Waals surface area contributed by atoms with Gasteiger partial charge in [0.1, 0.15) is 10.8 Å². The molecule has 0 aliphatic carbocycles. The minimum absolute atomic E-state index is 0.0665. The van der Waals surface area contributed by atoms with Crippen LogP contribution in [0.25, 0.3) is 0 Å². The molecule has 9 nitrogen and oxygen atoms in total.